The van der Waals surface area contributed by atoms with E-state index in [0.29, 0.717) is 28.8 Å². The first-order valence-corrected chi connectivity index (χ1v) is 7.86. The third-order valence-electron chi connectivity index (χ3n) is 4.41. The number of para-hydroxylation sites is 1. The van der Waals surface area contributed by atoms with E-state index in [0.717, 1.165) is 28.9 Å². The molecule has 0 amide bonds. The molecular formula is C20H17NO3. The number of nitrogens with two attached hydrogens (primary N) is 1. The quantitative estimate of drug-likeness (QED) is 0.728. The molecule has 4 heteroatoms. The Kier molecular flexibility index (Phi) is 3.38. The van der Waals surface area contributed by atoms with E-state index in [2.05, 4.69) is 0 Å². The van der Waals surface area contributed by atoms with Gasteiger partial charge in [0.15, 0.2) is 5.43 Å². The highest BCUT2D eigenvalue weighted by Crippen LogP contribution is 2.35. The van der Waals surface area contributed by atoms with Crippen LogP contribution in [0.15, 0.2) is 51.7 Å². The Hall–Kier alpha value is -3.01. The van der Waals surface area contributed by atoms with Crippen molar-refractivity contribution in [1.29, 1.82) is 0 Å². The van der Waals surface area contributed by atoms with Crippen LogP contribution in [0.25, 0.3) is 22.6 Å². The van der Waals surface area contributed by atoms with Crippen LogP contribution in [0.1, 0.15) is 23.3 Å². The Morgan fingerprint density at radius 2 is 2.00 bits per heavy atom. The fourth-order valence-corrected chi connectivity index (χ4v) is 3.22. The van der Waals surface area contributed by atoms with E-state index >= 15 is 0 Å². The smallest absolute Gasteiger partial charge is 0.196 e. The summed E-state index contributed by atoms with van der Waals surface area (Å²) in [6.07, 6.45) is 3.50. The lowest BCUT2D eigenvalue weighted by Crippen LogP contribution is -2.08. The van der Waals surface area contributed by atoms with E-state index in [1.807, 2.05) is 30.3 Å². The van der Waals surface area contributed by atoms with E-state index in [-0.39, 0.29) is 5.43 Å². The van der Waals surface area contributed by atoms with E-state index in [4.69, 9.17) is 14.9 Å². The second-order valence-corrected chi connectivity index (χ2v) is 5.91. The molecule has 0 bridgehead atoms. The van der Waals surface area contributed by atoms with E-state index in [9.17, 15) is 4.79 Å². The number of benzene rings is 2. The Morgan fingerprint density at radius 3 is 2.83 bits per heavy atom. The average molecular weight is 319 g/mol. The molecule has 1 aromatic heterocycles. The number of anilines is 1. The zero-order chi connectivity index (χ0) is 16.7. The minimum absolute atomic E-state index is 0.0157. The van der Waals surface area contributed by atoms with Crippen LogP contribution in [-0.4, -0.2) is 7.11 Å². The maximum Gasteiger partial charge on any atom is 0.196 e. The zero-order valence-corrected chi connectivity index (χ0v) is 13.3. The number of rotatable bonds is 2. The first-order chi connectivity index (χ1) is 11.7. The highest BCUT2D eigenvalue weighted by atomic mass is 16.5. The van der Waals surface area contributed by atoms with Gasteiger partial charge in [-0.05, 0) is 48.8 Å². The molecule has 2 N–H and O–H groups in total. The maximum absolute atomic E-state index is 12.7. The standard InChI is InChI=1S/C20H17NO3/c1-23-17-5-3-2-4-12(17)10-13-6-8-15-19(22)16-11-14(21)7-9-18(16)24-20(13)15/h2-5,7,9-11H,6,8,21H2,1H3. The number of nitrogen functional groups attached to an aromatic ring is 1. The van der Waals surface area contributed by atoms with Crippen LogP contribution in [0, 0.1) is 0 Å². The number of fused-ring (bicyclic) bond motifs is 2. The van der Waals surface area contributed by atoms with Crippen molar-refractivity contribution < 1.29 is 9.15 Å². The van der Waals surface area contributed by atoms with E-state index < -0.39 is 0 Å². The molecule has 0 aliphatic heterocycles. The fraction of sp³-hybridized carbons (Fsp3) is 0.150. The molecule has 4 nitrogen and oxygen atoms in total. The summed E-state index contributed by atoms with van der Waals surface area (Å²) in [5.41, 5.74) is 9.67. The first kappa shape index (κ1) is 14.6. The number of ether oxygens (including phenoxy) is 1. The molecule has 1 aliphatic rings. The van der Waals surface area contributed by atoms with Crippen molar-refractivity contribution in [2.45, 2.75) is 12.8 Å². The van der Waals surface area contributed by atoms with Gasteiger partial charge in [-0.15, -0.1) is 0 Å². The minimum atomic E-state index is 0.0157. The van der Waals surface area contributed by atoms with Crippen molar-refractivity contribution in [3.8, 4) is 5.75 Å². The van der Waals surface area contributed by atoms with E-state index in [1.54, 1.807) is 25.3 Å². The topological polar surface area (TPSA) is 65.5 Å². The second kappa shape index (κ2) is 5.57. The van der Waals surface area contributed by atoms with E-state index in [1.165, 1.54) is 0 Å². The molecule has 0 spiro atoms. The molecule has 4 rings (SSSR count). The van der Waals surface area contributed by atoms with Crippen molar-refractivity contribution in [3.63, 3.8) is 0 Å². The third kappa shape index (κ3) is 2.27. The van der Waals surface area contributed by atoms with Gasteiger partial charge in [-0.25, -0.2) is 0 Å². The summed E-state index contributed by atoms with van der Waals surface area (Å²) < 4.78 is 11.4. The largest absolute Gasteiger partial charge is 0.496 e. The number of hydrogen-bond donors (Lipinski definition) is 1. The van der Waals surface area contributed by atoms with Crippen LogP contribution in [-0.2, 0) is 6.42 Å². The van der Waals surface area contributed by atoms with Crippen LogP contribution < -0.4 is 15.9 Å². The molecule has 1 heterocycles. The molecule has 0 saturated heterocycles. The van der Waals surface area contributed by atoms with Gasteiger partial charge >= 0.3 is 0 Å². The first-order valence-electron chi connectivity index (χ1n) is 7.86. The van der Waals surface area contributed by atoms with Crippen molar-refractivity contribution in [2.75, 3.05) is 12.8 Å². The van der Waals surface area contributed by atoms with Crippen molar-refractivity contribution >= 4 is 28.3 Å². The Morgan fingerprint density at radius 1 is 1.17 bits per heavy atom. The molecule has 120 valence electrons. The van der Waals surface area contributed by atoms with Crippen LogP contribution in [0.2, 0.25) is 0 Å². The molecule has 3 aromatic rings. The lowest BCUT2D eigenvalue weighted by Gasteiger charge is -2.07. The summed E-state index contributed by atoms with van der Waals surface area (Å²) >= 11 is 0. The highest BCUT2D eigenvalue weighted by molar-refractivity contribution is 5.88. The maximum atomic E-state index is 12.7. The summed E-state index contributed by atoms with van der Waals surface area (Å²) in [6.45, 7) is 0. The van der Waals surface area contributed by atoms with Gasteiger partial charge in [0.05, 0.1) is 12.5 Å². The van der Waals surface area contributed by atoms with Gasteiger partial charge in [-0.2, -0.15) is 0 Å². The van der Waals surface area contributed by atoms with Crippen LogP contribution in [0.5, 0.6) is 5.75 Å². The van der Waals surface area contributed by atoms with Crippen LogP contribution >= 0.6 is 0 Å². The molecule has 0 radical (unpaired) electrons. The lowest BCUT2D eigenvalue weighted by atomic mass is 10.1. The van der Waals surface area contributed by atoms with Gasteiger partial charge in [0.1, 0.15) is 17.1 Å². The number of methoxy groups -OCH3 is 1. The van der Waals surface area contributed by atoms with Crippen LogP contribution in [0.4, 0.5) is 5.69 Å². The van der Waals surface area contributed by atoms with Gasteiger partial charge in [0.2, 0.25) is 0 Å². The second-order valence-electron chi connectivity index (χ2n) is 5.91. The minimum Gasteiger partial charge on any atom is -0.496 e. The van der Waals surface area contributed by atoms with Gasteiger partial charge in [0, 0.05) is 16.8 Å². The van der Waals surface area contributed by atoms with Crippen molar-refractivity contribution in [2.24, 2.45) is 0 Å². The molecule has 0 saturated carbocycles. The summed E-state index contributed by atoms with van der Waals surface area (Å²) in [6, 6.07) is 13.0. The Balaban J connectivity index is 1.90. The van der Waals surface area contributed by atoms with Crippen LogP contribution in [0.3, 0.4) is 0 Å². The zero-order valence-electron chi connectivity index (χ0n) is 13.3. The SMILES string of the molecule is COc1ccccc1C=C1CCc2c1oc1ccc(N)cc1c2=O. The summed E-state index contributed by atoms with van der Waals surface area (Å²) in [5, 5.41) is 0.548. The summed E-state index contributed by atoms with van der Waals surface area (Å²) in [4.78, 5) is 12.7. The Bertz CT molecular complexity index is 1030. The predicted octanol–water partition coefficient (Wildman–Crippen LogP) is 3.87. The van der Waals surface area contributed by atoms with Crippen molar-refractivity contribution in [1.82, 2.24) is 0 Å². The third-order valence-corrected chi connectivity index (χ3v) is 4.41. The van der Waals surface area contributed by atoms with Crippen molar-refractivity contribution in [3.05, 3.63) is 69.6 Å². The molecule has 0 atom stereocenters. The fourth-order valence-electron chi connectivity index (χ4n) is 3.22. The molecule has 24 heavy (non-hydrogen) atoms. The number of allylic oxidation sites excluding steroid dienone is 1. The molecule has 0 unspecified atom stereocenters. The lowest BCUT2D eigenvalue weighted by molar-refractivity contribution is 0.414. The predicted molar refractivity (Wildman–Crippen MR) is 96.1 cm³/mol. The molecule has 1 aliphatic carbocycles. The van der Waals surface area contributed by atoms with Gasteiger partial charge < -0.3 is 14.9 Å². The average Bonchev–Trinajstić information content (AvgIpc) is 2.99. The summed E-state index contributed by atoms with van der Waals surface area (Å²) in [7, 11) is 1.65. The Labute approximate surface area is 139 Å². The molecular weight excluding hydrogens is 302 g/mol. The van der Waals surface area contributed by atoms with Gasteiger partial charge in [0.25, 0.3) is 0 Å². The van der Waals surface area contributed by atoms with Gasteiger partial charge in [-0.3, -0.25) is 4.79 Å². The monoisotopic (exact) mass is 319 g/mol. The van der Waals surface area contributed by atoms with Gasteiger partial charge in [-0.1, -0.05) is 18.2 Å². The number of hydrogen-bond acceptors (Lipinski definition) is 4. The highest BCUT2D eigenvalue weighted by Gasteiger charge is 2.24. The normalized spacial score (nSPS) is 15.0. The molecule has 2 aromatic carbocycles. The molecule has 0 fully saturated rings. The summed E-state index contributed by atoms with van der Waals surface area (Å²) in [5.74, 6) is 1.48.